The molecule has 0 atom stereocenters. The Kier molecular flexibility index (Phi) is 6.95. The van der Waals surface area contributed by atoms with Crippen molar-refractivity contribution in [3.8, 4) is 0 Å². The number of carbonyl (C=O) groups is 3. The molecule has 0 fully saturated rings. The molecule has 0 aromatic heterocycles. The van der Waals surface area contributed by atoms with E-state index in [1.807, 2.05) is 6.07 Å². The molecule has 152 valence electrons. The smallest absolute Gasteiger partial charge is 0.338 e. The Hall–Kier alpha value is -3.93. The zero-order chi connectivity index (χ0) is 21.3. The maximum atomic E-state index is 12.4. The van der Waals surface area contributed by atoms with Crippen LogP contribution in [0, 0.1) is 0 Å². The summed E-state index contributed by atoms with van der Waals surface area (Å²) in [5, 5.41) is 2.76. The van der Waals surface area contributed by atoms with Gasteiger partial charge in [-0.3, -0.25) is 4.79 Å². The Balaban J connectivity index is 1.59. The highest BCUT2D eigenvalue weighted by Crippen LogP contribution is 2.15. The molecule has 0 aliphatic rings. The summed E-state index contributed by atoms with van der Waals surface area (Å²) in [6.07, 6.45) is 0. The summed E-state index contributed by atoms with van der Waals surface area (Å²) in [6.45, 7) is 2.11. The Bertz CT molecular complexity index is 1030. The first-order chi connectivity index (χ1) is 14.6. The molecule has 0 aliphatic heterocycles. The fourth-order valence-corrected chi connectivity index (χ4v) is 2.70. The van der Waals surface area contributed by atoms with Gasteiger partial charge in [-0.2, -0.15) is 0 Å². The number of esters is 2. The normalized spacial score (nSPS) is 10.2. The number of carbonyl (C=O) groups excluding carboxylic acids is 3. The third-order valence-electron chi connectivity index (χ3n) is 4.23. The Labute approximate surface area is 174 Å². The summed E-state index contributed by atoms with van der Waals surface area (Å²) < 4.78 is 10.3. The van der Waals surface area contributed by atoms with E-state index in [-0.39, 0.29) is 12.5 Å². The van der Waals surface area contributed by atoms with E-state index in [2.05, 4.69) is 5.32 Å². The molecule has 0 heterocycles. The minimum atomic E-state index is -0.514. The summed E-state index contributed by atoms with van der Waals surface area (Å²) >= 11 is 0. The van der Waals surface area contributed by atoms with Crippen LogP contribution in [0.5, 0.6) is 0 Å². The Morgan fingerprint density at radius 3 is 2.10 bits per heavy atom. The summed E-state index contributed by atoms with van der Waals surface area (Å²) in [6, 6.07) is 22.0. The fraction of sp³-hybridized carbons (Fsp3) is 0.125. The van der Waals surface area contributed by atoms with E-state index >= 15 is 0 Å². The molecule has 30 heavy (non-hydrogen) atoms. The molecule has 0 spiro atoms. The number of nitrogens with one attached hydrogen (secondary N) is 1. The highest BCUT2D eigenvalue weighted by molar-refractivity contribution is 6.04. The molecule has 0 saturated heterocycles. The van der Waals surface area contributed by atoms with Crippen LogP contribution < -0.4 is 5.32 Å². The van der Waals surface area contributed by atoms with Crippen molar-refractivity contribution in [2.45, 2.75) is 13.5 Å². The third-order valence-corrected chi connectivity index (χ3v) is 4.23. The fourth-order valence-electron chi connectivity index (χ4n) is 2.70. The van der Waals surface area contributed by atoms with Gasteiger partial charge in [-0.05, 0) is 55.0 Å². The highest BCUT2D eigenvalue weighted by Gasteiger charge is 2.11. The first-order valence-electron chi connectivity index (χ1n) is 9.46. The molecular weight excluding hydrogens is 382 g/mol. The van der Waals surface area contributed by atoms with E-state index in [4.69, 9.17) is 9.47 Å². The Morgan fingerprint density at radius 1 is 0.733 bits per heavy atom. The maximum Gasteiger partial charge on any atom is 0.338 e. The van der Waals surface area contributed by atoms with Crippen molar-refractivity contribution in [1.29, 1.82) is 0 Å². The quantitative estimate of drug-likeness (QED) is 0.589. The van der Waals surface area contributed by atoms with E-state index in [1.54, 1.807) is 79.7 Å². The lowest BCUT2D eigenvalue weighted by Gasteiger charge is -2.09. The predicted octanol–water partition coefficient (Wildman–Crippen LogP) is 4.47. The van der Waals surface area contributed by atoms with Gasteiger partial charge in [0.15, 0.2) is 0 Å². The van der Waals surface area contributed by atoms with Crippen molar-refractivity contribution < 1.29 is 23.9 Å². The van der Waals surface area contributed by atoms with E-state index in [0.29, 0.717) is 29.0 Å². The van der Waals surface area contributed by atoms with Gasteiger partial charge >= 0.3 is 11.9 Å². The molecule has 0 unspecified atom stereocenters. The number of amides is 1. The lowest BCUT2D eigenvalue weighted by Crippen LogP contribution is -2.12. The average molecular weight is 403 g/mol. The monoisotopic (exact) mass is 403 g/mol. The first-order valence-corrected chi connectivity index (χ1v) is 9.46. The number of anilines is 1. The molecule has 1 amide bonds. The van der Waals surface area contributed by atoms with Gasteiger partial charge in [0, 0.05) is 11.3 Å². The minimum Gasteiger partial charge on any atom is -0.462 e. The first kappa shape index (κ1) is 20.8. The highest BCUT2D eigenvalue weighted by atomic mass is 16.5. The summed E-state index contributed by atoms with van der Waals surface area (Å²) in [5.41, 5.74) is 2.52. The third kappa shape index (κ3) is 5.54. The van der Waals surface area contributed by atoms with Crippen LogP contribution in [0.1, 0.15) is 43.6 Å². The standard InChI is InChI=1S/C24H21NO5/c1-2-29-23(27)19-13-11-17(12-14-19)16-30-24(28)20-9-6-10-21(15-20)25-22(26)18-7-4-3-5-8-18/h3-15H,2,16H2,1H3,(H,25,26). The van der Waals surface area contributed by atoms with Crippen LogP contribution in [0.4, 0.5) is 5.69 Å². The largest absolute Gasteiger partial charge is 0.462 e. The molecule has 1 N–H and O–H groups in total. The number of hydrogen-bond acceptors (Lipinski definition) is 5. The van der Waals surface area contributed by atoms with Crippen LogP contribution in [0.3, 0.4) is 0 Å². The second kappa shape index (κ2) is 10.0. The molecule has 6 nitrogen and oxygen atoms in total. The molecule has 0 bridgehead atoms. The molecule has 3 aromatic carbocycles. The van der Waals surface area contributed by atoms with Gasteiger partial charge in [0.2, 0.25) is 0 Å². The second-order valence-electron chi connectivity index (χ2n) is 6.39. The second-order valence-corrected chi connectivity index (χ2v) is 6.39. The van der Waals surface area contributed by atoms with Crippen molar-refractivity contribution in [3.63, 3.8) is 0 Å². The van der Waals surface area contributed by atoms with Crippen molar-refractivity contribution in [2.24, 2.45) is 0 Å². The zero-order valence-corrected chi connectivity index (χ0v) is 16.5. The van der Waals surface area contributed by atoms with Crippen molar-refractivity contribution in [3.05, 3.63) is 101 Å². The van der Waals surface area contributed by atoms with Crippen LogP contribution in [-0.4, -0.2) is 24.5 Å². The van der Waals surface area contributed by atoms with Crippen molar-refractivity contribution >= 4 is 23.5 Å². The van der Waals surface area contributed by atoms with Gasteiger partial charge in [0.05, 0.1) is 17.7 Å². The van der Waals surface area contributed by atoms with Crippen LogP contribution in [0.15, 0.2) is 78.9 Å². The minimum absolute atomic E-state index is 0.0581. The average Bonchev–Trinajstić information content (AvgIpc) is 2.78. The molecular formula is C24H21NO5. The number of ether oxygens (including phenoxy) is 2. The lowest BCUT2D eigenvalue weighted by atomic mass is 10.1. The molecule has 3 rings (SSSR count). The van der Waals surface area contributed by atoms with Gasteiger partial charge in [-0.1, -0.05) is 36.4 Å². The van der Waals surface area contributed by atoms with Crippen LogP contribution in [0.2, 0.25) is 0 Å². The van der Waals surface area contributed by atoms with Gasteiger partial charge in [-0.25, -0.2) is 9.59 Å². The zero-order valence-electron chi connectivity index (χ0n) is 16.5. The molecule has 3 aromatic rings. The van der Waals surface area contributed by atoms with Crippen LogP contribution in [0.25, 0.3) is 0 Å². The number of hydrogen-bond donors (Lipinski definition) is 1. The Morgan fingerprint density at radius 2 is 1.40 bits per heavy atom. The van der Waals surface area contributed by atoms with E-state index in [1.165, 1.54) is 0 Å². The van der Waals surface area contributed by atoms with Crippen LogP contribution in [-0.2, 0) is 16.1 Å². The van der Waals surface area contributed by atoms with Crippen LogP contribution >= 0.6 is 0 Å². The van der Waals surface area contributed by atoms with E-state index in [0.717, 1.165) is 5.56 Å². The van der Waals surface area contributed by atoms with Gasteiger partial charge < -0.3 is 14.8 Å². The number of rotatable bonds is 7. The molecule has 0 aliphatic carbocycles. The summed E-state index contributed by atoms with van der Waals surface area (Å²) in [5.74, 6) is -1.17. The molecule has 6 heteroatoms. The lowest BCUT2D eigenvalue weighted by molar-refractivity contribution is 0.0469. The van der Waals surface area contributed by atoms with E-state index in [9.17, 15) is 14.4 Å². The van der Waals surface area contributed by atoms with Gasteiger partial charge in [-0.15, -0.1) is 0 Å². The maximum absolute atomic E-state index is 12.4. The van der Waals surface area contributed by atoms with Crippen molar-refractivity contribution in [2.75, 3.05) is 11.9 Å². The van der Waals surface area contributed by atoms with Gasteiger partial charge in [0.25, 0.3) is 5.91 Å². The van der Waals surface area contributed by atoms with E-state index < -0.39 is 11.9 Å². The number of benzene rings is 3. The SMILES string of the molecule is CCOC(=O)c1ccc(COC(=O)c2cccc(NC(=O)c3ccccc3)c2)cc1. The summed E-state index contributed by atoms with van der Waals surface area (Å²) in [4.78, 5) is 36.3. The molecule has 0 saturated carbocycles. The summed E-state index contributed by atoms with van der Waals surface area (Å²) in [7, 11) is 0. The predicted molar refractivity (Wildman–Crippen MR) is 112 cm³/mol. The molecule has 0 radical (unpaired) electrons. The van der Waals surface area contributed by atoms with Crippen molar-refractivity contribution in [1.82, 2.24) is 0 Å². The topological polar surface area (TPSA) is 81.7 Å². The van der Waals surface area contributed by atoms with Gasteiger partial charge in [0.1, 0.15) is 6.61 Å².